The molecule has 4 rings (SSSR count). The van der Waals surface area contributed by atoms with Crippen molar-refractivity contribution in [1.29, 1.82) is 0 Å². The normalized spacial score (nSPS) is 13.3. The molecule has 2 heterocycles. The van der Waals surface area contributed by atoms with Gasteiger partial charge in [0.15, 0.2) is 0 Å². The fourth-order valence-corrected chi connectivity index (χ4v) is 3.59. The molecule has 1 aliphatic rings. The monoisotopic (exact) mass is 414 g/mol. The standard InChI is InChI=1S/C21H20F2N4OS/c1-2-28-21-12-24-11-20(26-21)17-10-18(22)13(8-19(17)23)7-15-9-14(5-6-25-15)27-29-16-3-4-16/h5-6,8-12,16H,2-4,7H2,1H3,(H,25,27). The Morgan fingerprint density at radius 2 is 2.03 bits per heavy atom. The number of rotatable bonds is 8. The summed E-state index contributed by atoms with van der Waals surface area (Å²) in [7, 11) is 0. The zero-order valence-electron chi connectivity index (χ0n) is 15.9. The van der Waals surface area contributed by atoms with Crippen LogP contribution in [0, 0.1) is 11.6 Å². The second-order valence-corrected chi connectivity index (χ2v) is 7.84. The lowest BCUT2D eigenvalue weighted by Gasteiger charge is -2.10. The molecule has 0 saturated heterocycles. The average Bonchev–Trinajstić information content (AvgIpc) is 3.54. The van der Waals surface area contributed by atoms with Crippen LogP contribution < -0.4 is 9.46 Å². The highest BCUT2D eigenvalue weighted by Crippen LogP contribution is 2.34. The lowest BCUT2D eigenvalue weighted by atomic mass is 10.0. The van der Waals surface area contributed by atoms with E-state index in [9.17, 15) is 8.78 Å². The Balaban J connectivity index is 1.54. The van der Waals surface area contributed by atoms with Gasteiger partial charge in [-0.15, -0.1) is 0 Å². The molecule has 1 saturated carbocycles. The van der Waals surface area contributed by atoms with Gasteiger partial charge in [0, 0.05) is 34.8 Å². The summed E-state index contributed by atoms with van der Waals surface area (Å²) in [5, 5.41) is 0.662. The highest BCUT2D eigenvalue weighted by Gasteiger charge is 2.22. The molecule has 1 aliphatic carbocycles. The maximum atomic E-state index is 14.7. The van der Waals surface area contributed by atoms with Crippen LogP contribution >= 0.6 is 11.9 Å². The molecule has 5 nitrogen and oxygen atoms in total. The fourth-order valence-electron chi connectivity index (χ4n) is 2.79. The number of halogens is 2. The maximum Gasteiger partial charge on any atom is 0.232 e. The smallest absolute Gasteiger partial charge is 0.232 e. The molecule has 0 radical (unpaired) electrons. The highest BCUT2D eigenvalue weighted by molar-refractivity contribution is 8.01. The summed E-state index contributed by atoms with van der Waals surface area (Å²) in [6.07, 6.45) is 7.13. The van der Waals surface area contributed by atoms with E-state index in [1.54, 1.807) is 18.1 Å². The van der Waals surface area contributed by atoms with Gasteiger partial charge in [-0.1, -0.05) is 0 Å². The summed E-state index contributed by atoms with van der Waals surface area (Å²) in [6.45, 7) is 2.22. The van der Waals surface area contributed by atoms with Gasteiger partial charge in [-0.3, -0.25) is 9.97 Å². The molecule has 150 valence electrons. The number of nitrogens with zero attached hydrogens (tertiary/aromatic N) is 3. The Morgan fingerprint density at radius 3 is 2.83 bits per heavy atom. The Bertz CT molecular complexity index is 1010. The lowest BCUT2D eigenvalue weighted by molar-refractivity contribution is 0.325. The van der Waals surface area contributed by atoms with E-state index in [1.165, 1.54) is 31.3 Å². The van der Waals surface area contributed by atoms with E-state index >= 15 is 0 Å². The van der Waals surface area contributed by atoms with E-state index in [0.29, 0.717) is 17.6 Å². The molecule has 0 atom stereocenters. The van der Waals surface area contributed by atoms with E-state index in [4.69, 9.17) is 4.74 Å². The second kappa shape index (κ2) is 8.73. The van der Waals surface area contributed by atoms with Gasteiger partial charge in [0.2, 0.25) is 5.88 Å². The summed E-state index contributed by atoms with van der Waals surface area (Å²) in [5.74, 6) is -0.813. The first-order valence-corrected chi connectivity index (χ1v) is 10.3. The molecular formula is C21H20F2N4OS. The Hall–Kier alpha value is -2.74. The largest absolute Gasteiger partial charge is 0.477 e. The van der Waals surface area contributed by atoms with Crippen LogP contribution in [0.4, 0.5) is 14.5 Å². The van der Waals surface area contributed by atoms with Crippen molar-refractivity contribution in [2.75, 3.05) is 11.3 Å². The van der Waals surface area contributed by atoms with Gasteiger partial charge in [-0.25, -0.2) is 13.8 Å². The van der Waals surface area contributed by atoms with Crippen molar-refractivity contribution in [3.05, 3.63) is 65.7 Å². The third kappa shape index (κ3) is 5.00. The zero-order chi connectivity index (χ0) is 20.2. The van der Waals surface area contributed by atoms with Crippen molar-refractivity contribution in [2.24, 2.45) is 0 Å². The van der Waals surface area contributed by atoms with Gasteiger partial charge in [0.25, 0.3) is 0 Å². The van der Waals surface area contributed by atoms with Crippen molar-refractivity contribution in [2.45, 2.75) is 31.4 Å². The third-order valence-electron chi connectivity index (χ3n) is 4.37. The number of anilines is 1. The van der Waals surface area contributed by atoms with Crippen LogP contribution in [0.3, 0.4) is 0 Å². The summed E-state index contributed by atoms with van der Waals surface area (Å²) in [4.78, 5) is 12.5. The molecular weight excluding hydrogens is 394 g/mol. The van der Waals surface area contributed by atoms with Gasteiger partial charge in [0.05, 0.1) is 24.7 Å². The number of benzene rings is 1. The summed E-state index contributed by atoms with van der Waals surface area (Å²) < 4.78 is 38.0. The lowest BCUT2D eigenvalue weighted by Crippen LogP contribution is -2.01. The summed E-state index contributed by atoms with van der Waals surface area (Å²) in [5.41, 5.74) is 2.08. The van der Waals surface area contributed by atoms with Crippen molar-refractivity contribution < 1.29 is 13.5 Å². The van der Waals surface area contributed by atoms with E-state index < -0.39 is 11.6 Å². The van der Waals surface area contributed by atoms with Crippen LogP contribution in [0.25, 0.3) is 11.3 Å². The topological polar surface area (TPSA) is 59.9 Å². The predicted molar refractivity (Wildman–Crippen MR) is 110 cm³/mol. The van der Waals surface area contributed by atoms with Crippen LogP contribution in [0.15, 0.2) is 42.9 Å². The molecule has 8 heteroatoms. The quantitative estimate of drug-likeness (QED) is 0.522. The SMILES string of the molecule is CCOc1cncc(-c2cc(F)c(Cc3cc(NSC4CC4)ccn3)cc2F)n1. The van der Waals surface area contributed by atoms with Crippen molar-refractivity contribution in [3.8, 4) is 17.1 Å². The molecule has 0 bridgehead atoms. The second-order valence-electron chi connectivity index (χ2n) is 6.73. The fraction of sp³-hybridized carbons (Fsp3) is 0.286. The minimum Gasteiger partial charge on any atom is -0.477 e. The first-order chi connectivity index (χ1) is 14.1. The molecule has 2 aromatic heterocycles. The van der Waals surface area contributed by atoms with E-state index in [2.05, 4.69) is 19.7 Å². The first kappa shape index (κ1) is 19.6. The van der Waals surface area contributed by atoms with E-state index in [0.717, 1.165) is 11.8 Å². The van der Waals surface area contributed by atoms with Gasteiger partial charge < -0.3 is 9.46 Å². The van der Waals surface area contributed by atoms with Crippen LogP contribution in [0.2, 0.25) is 0 Å². The van der Waals surface area contributed by atoms with Crippen LogP contribution in [-0.2, 0) is 6.42 Å². The average molecular weight is 414 g/mol. The van der Waals surface area contributed by atoms with Crippen LogP contribution in [0.5, 0.6) is 5.88 Å². The van der Waals surface area contributed by atoms with Crippen LogP contribution in [-0.4, -0.2) is 26.8 Å². The molecule has 0 spiro atoms. The number of nitrogens with one attached hydrogen (secondary N) is 1. The summed E-state index contributed by atoms with van der Waals surface area (Å²) in [6, 6.07) is 6.07. The van der Waals surface area contributed by atoms with Gasteiger partial charge in [-0.2, -0.15) is 0 Å². The number of aromatic nitrogens is 3. The molecule has 1 fully saturated rings. The number of hydrogen-bond donors (Lipinski definition) is 1. The molecule has 0 amide bonds. The van der Waals surface area contributed by atoms with Gasteiger partial charge >= 0.3 is 0 Å². The van der Waals surface area contributed by atoms with Crippen molar-refractivity contribution >= 4 is 17.6 Å². The number of pyridine rings is 1. The first-order valence-electron chi connectivity index (χ1n) is 9.42. The molecule has 0 unspecified atom stereocenters. The number of ether oxygens (including phenoxy) is 1. The molecule has 1 N–H and O–H groups in total. The van der Waals surface area contributed by atoms with Crippen LogP contribution in [0.1, 0.15) is 31.0 Å². The number of hydrogen-bond acceptors (Lipinski definition) is 6. The Labute approximate surface area is 172 Å². The Kier molecular flexibility index (Phi) is 5.89. The predicted octanol–water partition coefficient (Wildman–Crippen LogP) is 5.03. The highest BCUT2D eigenvalue weighted by atomic mass is 32.2. The van der Waals surface area contributed by atoms with E-state index in [1.807, 2.05) is 19.1 Å². The molecule has 1 aromatic carbocycles. The van der Waals surface area contributed by atoms with Crippen molar-refractivity contribution in [1.82, 2.24) is 15.0 Å². The van der Waals surface area contributed by atoms with Crippen molar-refractivity contribution in [3.63, 3.8) is 0 Å². The van der Waals surface area contributed by atoms with E-state index in [-0.39, 0.29) is 29.1 Å². The minimum absolute atomic E-state index is 0.0458. The zero-order valence-corrected chi connectivity index (χ0v) is 16.7. The molecule has 3 aromatic rings. The van der Waals surface area contributed by atoms with Gasteiger partial charge in [0.1, 0.15) is 11.6 Å². The molecule has 29 heavy (non-hydrogen) atoms. The Morgan fingerprint density at radius 1 is 1.17 bits per heavy atom. The van der Waals surface area contributed by atoms with Gasteiger partial charge in [-0.05, 0) is 61.5 Å². The molecule has 0 aliphatic heterocycles. The minimum atomic E-state index is -0.567. The maximum absolute atomic E-state index is 14.7. The third-order valence-corrected chi connectivity index (χ3v) is 5.53. The summed E-state index contributed by atoms with van der Waals surface area (Å²) >= 11 is 1.69.